The Hall–Kier alpha value is -5.98. The second-order valence-electron chi connectivity index (χ2n) is 15.7. The Morgan fingerprint density at radius 2 is 1.21 bits per heavy atom. The van der Waals surface area contributed by atoms with Crippen LogP contribution in [0.2, 0.25) is 0 Å². The Kier molecular flexibility index (Phi) is 6.74. The van der Waals surface area contributed by atoms with Crippen molar-refractivity contribution in [1.82, 2.24) is 4.57 Å². The highest BCUT2D eigenvalue weighted by Crippen LogP contribution is 2.42. The number of rotatable bonds is 3. The molecule has 1 aromatic heterocycles. The molecule has 0 atom stereocenters. The molecule has 254 valence electrons. The largest absolute Gasteiger partial charge is 0.458 e. The zero-order valence-corrected chi connectivity index (χ0v) is 31.7. The van der Waals surface area contributed by atoms with Crippen molar-refractivity contribution in [3.63, 3.8) is 0 Å². The predicted octanol–water partition coefficient (Wildman–Crippen LogP) is 10.9. The lowest BCUT2D eigenvalue weighted by Crippen LogP contribution is -2.58. The number of ether oxygens (including phenoxy) is 1. The SMILES string of the molecule is CC1=C=C=C(c2ccc3c(c2)c2cc(-c4c(C)cc(C)cc4C)cc4c2n3-c2cccc3c2B4c2cc(-c4c(C)cc(C)cc4C)ccc2O3)C(C)=C1. The molecule has 0 radical (unpaired) electrons. The average molecular weight is 682 g/mol. The molecule has 0 spiro atoms. The third-order valence-electron chi connectivity index (χ3n) is 11.7. The third-order valence-corrected chi connectivity index (χ3v) is 11.7. The summed E-state index contributed by atoms with van der Waals surface area (Å²) in [7, 11) is 0. The van der Waals surface area contributed by atoms with Crippen LogP contribution in [0.5, 0.6) is 11.5 Å². The van der Waals surface area contributed by atoms with E-state index in [2.05, 4.69) is 168 Å². The second-order valence-corrected chi connectivity index (χ2v) is 15.7. The van der Waals surface area contributed by atoms with Gasteiger partial charge in [-0.15, -0.1) is 0 Å². The molecule has 3 heterocycles. The summed E-state index contributed by atoms with van der Waals surface area (Å²) >= 11 is 0. The van der Waals surface area contributed by atoms with Gasteiger partial charge >= 0.3 is 0 Å². The van der Waals surface area contributed by atoms with E-state index in [0.29, 0.717) is 0 Å². The first-order chi connectivity index (χ1) is 25.5. The van der Waals surface area contributed by atoms with Gasteiger partial charge < -0.3 is 9.30 Å². The van der Waals surface area contributed by atoms with E-state index < -0.39 is 0 Å². The minimum Gasteiger partial charge on any atom is -0.458 e. The molecule has 0 bridgehead atoms. The fourth-order valence-corrected chi connectivity index (χ4v) is 9.94. The zero-order valence-electron chi connectivity index (χ0n) is 31.7. The molecular formula is C50H40BNO. The van der Waals surface area contributed by atoms with E-state index in [1.807, 2.05) is 0 Å². The van der Waals surface area contributed by atoms with Gasteiger partial charge in [-0.1, -0.05) is 77.2 Å². The van der Waals surface area contributed by atoms with Crippen LogP contribution in [0.3, 0.4) is 0 Å². The molecule has 10 rings (SSSR count). The number of aryl methyl sites for hydroxylation is 6. The first kappa shape index (κ1) is 31.7. The van der Waals surface area contributed by atoms with Gasteiger partial charge in [-0.25, -0.2) is 0 Å². The van der Waals surface area contributed by atoms with Gasteiger partial charge in [0.15, 0.2) is 0 Å². The number of allylic oxidation sites excluding steroid dienone is 4. The van der Waals surface area contributed by atoms with Crippen molar-refractivity contribution in [2.45, 2.75) is 55.4 Å². The molecular weight excluding hydrogens is 641 g/mol. The van der Waals surface area contributed by atoms with E-state index in [1.54, 1.807) is 0 Å². The number of aromatic nitrogens is 1. The summed E-state index contributed by atoms with van der Waals surface area (Å²) in [6, 6.07) is 34.6. The van der Waals surface area contributed by atoms with Crippen molar-refractivity contribution in [2.24, 2.45) is 0 Å². The Balaban J connectivity index is 1.32. The van der Waals surface area contributed by atoms with Crippen molar-refractivity contribution in [3.05, 3.63) is 159 Å². The third kappa shape index (κ3) is 4.62. The van der Waals surface area contributed by atoms with Gasteiger partial charge in [-0.05, 0) is 175 Å². The summed E-state index contributed by atoms with van der Waals surface area (Å²) in [5, 5.41) is 2.52. The number of nitrogens with zero attached hydrogens (tertiary/aromatic N) is 1. The van der Waals surface area contributed by atoms with E-state index in [1.165, 1.54) is 105 Å². The van der Waals surface area contributed by atoms with Gasteiger partial charge in [0.1, 0.15) is 11.5 Å². The lowest BCUT2D eigenvalue weighted by molar-refractivity contribution is 0.487. The highest BCUT2D eigenvalue weighted by Gasteiger charge is 2.41. The van der Waals surface area contributed by atoms with Gasteiger partial charge in [0.2, 0.25) is 0 Å². The molecule has 1 aliphatic carbocycles. The normalized spacial score (nSPS) is 13.8. The first-order valence-corrected chi connectivity index (χ1v) is 18.7. The van der Waals surface area contributed by atoms with Crippen LogP contribution < -0.4 is 21.1 Å². The van der Waals surface area contributed by atoms with Gasteiger partial charge in [-0.2, -0.15) is 0 Å². The zero-order chi connectivity index (χ0) is 36.4. The van der Waals surface area contributed by atoms with Crippen molar-refractivity contribution in [3.8, 4) is 39.4 Å². The van der Waals surface area contributed by atoms with E-state index in [0.717, 1.165) is 28.2 Å². The molecule has 2 nitrogen and oxygen atoms in total. The molecule has 2 aliphatic heterocycles. The summed E-state index contributed by atoms with van der Waals surface area (Å²) in [4.78, 5) is 0. The van der Waals surface area contributed by atoms with Crippen LogP contribution in [0.15, 0.2) is 120 Å². The molecule has 0 amide bonds. The lowest BCUT2D eigenvalue weighted by Gasteiger charge is -2.34. The van der Waals surface area contributed by atoms with Crippen LogP contribution in [0.25, 0.3) is 55.3 Å². The fraction of sp³-hybridized carbons (Fsp3) is 0.160. The summed E-state index contributed by atoms with van der Waals surface area (Å²) < 4.78 is 9.34. The number of hydrogen-bond donors (Lipinski definition) is 0. The van der Waals surface area contributed by atoms with Crippen LogP contribution in [0.1, 0.15) is 52.8 Å². The maximum atomic E-state index is 6.84. The van der Waals surface area contributed by atoms with Crippen LogP contribution in [-0.2, 0) is 0 Å². The minimum atomic E-state index is 0.00281. The maximum absolute atomic E-state index is 6.84. The van der Waals surface area contributed by atoms with Crippen LogP contribution in [-0.4, -0.2) is 11.3 Å². The van der Waals surface area contributed by atoms with Crippen molar-refractivity contribution in [1.29, 1.82) is 0 Å². The van der Waals surface area contributed by atoms with Crippen LogP contribution in [0, 0.1) is 41.5 Å². The van der Waals surface area contributed by atoms with E-state index in [-0.39, 0.29) is 6.71 Å². The Bertz CT molecular complexity index is 2930. The molecule has 7 aromatic rings. The number of fused-ring (bicyclic) bond motifs is 7. The molecule has 3 aliphatic rings. The fourth-order valence-electron chi connectivity index (χ4n) is 9.94. The smallest absolute Gasteiger partial charge is 0.256 e. The van der Waals surface area contributed by atoms with Crippen molar-refractivity contribution < 1.29 is 4.74 Å². The highest BCUT2D eigenvalue weighted by molar-refractivity contribution is 6.99. The maximum Gasteiger partial charge on any atom is 0.256 e. The molecule has 0 saturated carbocycles. The Morgan fingerprint density at radius 1 is 0.566 bits per heavy atom. The standard InChI is InChI=1S/C50H40BNO/c1-27-12-15-38(30(4)18-27)35-13-16-43-39(23-35)40-24-37(48-33(7)21-29(3)22-34(48)8)26-42-50(40)52(43)44-10-9-11-46-49(44)51(42)41-25-36(14-17-45(41)53-46)47-31(5)19-28(2)20-32(47)6/h9-11,13-14,16-26H,1-8H3. The topological polar surface area (TPSA) is 14.2 Å². The predicted molar refractivity (Wildman–Crippen MR) is 225 cm³/mol. The minimum absolute atomic E-state index is 0.00281. The monoisotopic (exact) mass is 681 g/mol. The average Bonchev–Trinajstić information content (AvgIpc) is 3.43. The molecule has 53 heavy (non-hydrogen) atoms. The molecule has 0 N–H and O–H groups in total. The lowest BCUT2D eigenvalue weighted by atomic mass is 9.34. The van der Waals surface area contributed by atoms with E-state index >= 15 is 0 Å². The summed E-state index contributed by atoms with van der Waals surface area (Å²) in [6.07, 6.45) is 2.20. The van der Waals surface area contributed by atoms with Crippen LogP contribution in [0.4, 0.5) is 0 Å². The summed E-state index contributed by atoms with van der Waals surface area (Å²) in [6.45, 7) is 17.6. The van der Waals surface area contributed by atoms with Crippen molar-refractivity contribution in [2.75, 3.05) is 0 Å². The quantitative estimate of drug-likeness (QED) is 0.134. The van der Waals surface area contributed by atoms with Crippen molar-refractivity contribution >= 4 is 50.5 Å². The molecule has 0 unspecified atom stereocenters. The van der Waals surface area contributed by atoms with E-state index in [4.69, 9.17) is 4.74 Å². The molecule has 0 fully saturated rings. The van der Waals surface area contributed by atoms with E-state index in [9.17, 15) is 0 Å². The van der Waals surface area contributed by atoms with Gasteiger partial charge in [-0.3, -0.25) is 0 Å². The molecule has 6 aromatic carbocycles. The highest BCUT2D eigenvalue weighted by atomic mass is 16.5. The first-order valence-electron chi connectivity index (χ1n) is 18.7. The molecule has 3 heteroatoms. The van der Waals surface area contributed by atoms with Gasteiger partial charge in [0.05, 0.1) is 5.52 Å². The second kappa shape index (κ2) is 11.3. The Labute approximate surface area is 312 Å². The van der Waals surface area contributed by atoms with Crippen LogP contribution >= 0.6 is 0 Å². The van der Waals surface area contributed by atoms with Gasteiger partial charge in [0.25, 0.3) is 6.71 Å². The molecule has 0 saturated heterocycles. The Morgan fingerprint density at radius 3 is 1.91 bits per heavy atom. The summed E-state index contributed by atoms with van der Waals surface area (Å²) in [5.74, 6) is 1.86. The summed E-state index contributed by atoms with van der Waals surface area (Å²) in [5.41, 5.74) is 31.7. The van der Waals surface area contributed by atoms with Gasteiger partial charge in [0, 0.05) is 27.5 Å². The number of hydrogen-bond acceptors (Lipinski definition) is 1. The number of benzene rings is 6.